The molecule has 0 aliphatic rings. The Balaban J connectivity index is 2.18. The van der Waals surface area contributed by atoms with E-state index < -0.39 is 5.82 Å². The first-order chi connectivity index (χ1) is 9.63. The zero-order chi connectivity index (χ0) is 14.8. The van der Waals surface area contributed by atoms with E-state index in [1.165, 1.54) is 23.9 Å². The normalized spacial score (nSPS) is 10.1. The SMILES string of the molecule is NCCNC(=O)CCSCC(=O)Nc1ccccc1F. The molecular weight excluding hydrogens is 281 g/mol. The molecule has 110 valence electrons. The highest BCUT2D eigenvalue weighted by Crippen LogP contribution is 2.13. The van der Waals surface area contributed by atoms with Crippen molar-refractivity contribution in [1.82, 2.24) is 5.32 Å². The predicted octanol–water partition coefficient (Wildman–Crippen LogP) is 0.962. The highest BCUT2D eigenvalue weighted by Gasteiger charge is 2.07. The molecule has 0 spiro atoms. The van der Waals surface area contributed by atoms with Gasteiger partial charge in [-0.05, 0) is 12.1 Å². The fourth-order valence-corrected chi connectivity index (χ4v) is 2.11. The van der Waals surface area contributed by atoms with Gasteiger partial charge in [0.1, 0.15) is 5.82 Å². The molecule has 0 unspecified atom stereocenters. The second-order valence-electron chi connectivity index (χ2n) is 3.97. The molecule has 1 rings (SSSR count). The highest BCUT2D eigenvalue weighted by atomic mass is 32.2. The monoisotopic (exact) mass is 299 g/mol. The molecule has 0 radical (unpaired) electrons. The minimum Gasteiger partial charge on any atom is -0.355 e. The number of amides is 2. The van der Waals surface area contributed by atoms with E-state index in [-0.39, 0.29) is 23.3 Å². The molecular formula is C13H18FN3O2S. The molecule has 0 saturated carbocycles. The van der Waals surface area contributed by atoms with Crippen molar-refractivity contribution in [1.29, 1.82) is 0 Å². The lowest BCUT2D eigenvalue weighted by Gasteiger charge is -2.06. The summed E-state index contributed by atoms with van der Waals surface area (Å²) in [5.74, 6) is -0.133. The van der Waals surface area contributed by atoms with Crippen LogP contribution < -0.4 is 16.4 Å². The molecule has 1 aromatic carbocycles. The summed E-state index contributed by atoms with van der Waals surface area (Å²) in [5, 5.41) is 5.12. The van der Waals surface area contributed by atoms with Crippen LogP contribution in [0.2, 0.25) is 0 Å². The maximum absolute atomic E-state index is 13.3. The lowest BCUT2D eigenvalue weighted by Crippen LogP contribution is -2.29. The Kier molecular flexibility index (Phi) is 7.67. The van der Waals surface area contributed by atoms with Gasteiger partial charge in [0, 0.05) is 25.3 Å². The number of halogens is 1. The van der Waals surface area contributed by atoms with Gasteiger partial charge >= 0.3 is 0 Å². The van der Waals surface area contributed by atoms with Crippen LogP contribution in [-0.2, 0) is 9.59 Å². The Morgan fingerprint density at radius 1 is 1.25 bits per heavy atom. The van der Waals surface area contributed by atoms with Gasteiger partial charge in [-0.1, -0.05) is 12.1 Å². The third kappa shape index (κ3) is 6.53. The van der Waals surface area contributed by atoms with E-state index in [2.05, 4.69) is 10.6 Å². The van der Waals surface area contributed by atoms with Crippen molar-refractivity contribution in [2.45, 2.75) is 6.42 Å². The molecule has 0 atom stereocenters. The van der Waals surface area contributed by atoms with Gasteiger partial charge in [0.2, 0.25) is 11.8 Å². The first-order valence-corrected chi connectivity index (χ1v) is 7.38. The molecule has 0 aliphatic heterocycles. The van der Waals surface area contributed by atoms with Crippen LogP contribution >= 0.6 is 11.8 Å². The van der Waals surface area contributed by atoms with Gasteiger partial charge in [-0.2, -0.15) is 11.8 Å². The van der Waals surface area contributed by atoms with Gasteiger partial charge in [0.05, 0.1) is 11.4 Å². The van der Waals surface area contributed by atoms with Crippen LogP contribution in [0, 0.1) is 5.82 Å². The van der Waals surface area contributed by atoms with Crippen LogP contribution in [0.5, 0.6) is 0 Å². The zero-order valence-electron chi connectivity index (χ0n) is 11.0. The number of carbonyl (C=O) groups excluding carboxylic acids is 2. The molecule has 0 saturated heterocycles. The van der Waals surface area contributed by atoms with Crippen LogP contribution in [0.25, 0.3) is 0 Å². The third-order valence-electron chi connectivity index (χ3n) is 2.32. The Labute approximate surface area is 121 Å². The molecule has 0 fully saturated rings. The van der Waals surface area contributed by atoms with Crippen molar-refractivity contribution in [3.63, 3.8) is 0 Å². The van der Waals surface area contributed by atoms with Gasteiger partial charge in [-0.25, -0.2) is 4.39 Å². The summed E-state index contributed by atoms with van der Waals surface area (Å²) in [6.07, 6.45) is 0.331. The molecule has 20 heavy (non-hydrogen) atoms. The summed E-state index contributed by atoms with van der Waals surface area (Å²) >= 11 is 1.32. The Morgan fingerprint density at radius 2 is 2.00 bits per heavy atom. The third-order valence-corrected chi connectivity index (χ3v) is 3.28. The molecule has 0 bridgehead atoms. The maximum Gasteiger partial charge on any atom is 0.234 e. The van der Waals surface area contributed by atoms with Crippen LogP contribution in [-0.4, -0.2) is 36.4 Å². The predicted molar refractivity (Wildman–Crippen MR) is 79.0 cm³/mol. The van der Waals surface area contributed by atoms with Crippen LogP contribution in [0.1, 0.15) is 6.42 Å². The summed E-state index contributed by atoms with van der Waals surface area (Å²) < 4.78 is 13.3. The van der Waals surface area contributed by atoms with E-state index in [0.29, 0.717) is 25.3 Å². The second-order valence-corrected chi connectivity index (χ2v) is 5.07. The van der Waals surface area contributed by atoms with Gasteiger partial charge in [0.15, 0.2) is 0 Å². The number of para-hydroxylation sites is 1. The minimum absolute atomic E-state index is 0.0857. The van der Waals surface area contributed by atoms with Gasteiger partial charge in [-0.3, -0.25) is 9.59 Å². The maximum atomic E-state index is 13.3. The van der Waals surface area contributed by atoms with Crippen molar-refractivity contribution in [2.75, 3.05) is 29.9 Å². The number of benzene rings is 1. The van der Waals surface area contributed by atoms with Crippen molar-refractivity contribution in [3.8, 4) is 0 Å². The molecule has 0 aromatic heterocycles. The van der Waals surface area contributed by atoms with Crippen LogP contribution in [0.15, 0.2) is 24.3 Å². The minimum atomic E-state index is -0.466. The molecule has 7 heteroatoms. The second kappa shape index (κ2) is 9.33. The topological polar surface area (TPSA) is 84.2 Å². The van der Waals surface area contributed by atoms with Crippen LogP contribution in [0.3, 0.4) is 0 Å². The molecule has 0 heterocycles. The Morgan fingerprint density at radius 3 is 2.70 bits per heavy atom. The molecule has 0 aliphatic carbocycles. The lowest BCUT2D eigenvalue weighted by molar-refractivity contribution is -0.120. The number of rotatable bonds is 8. The highest BCUT2D eigenvalue weighted by molar-refractivity contribution is 7.99. The molecule has 5 nitrogen and oxygen atoms in total. The first kappa shape index (κ1) is 16.5. The number of hydrogen-bond donors (Lipinski definition) is 3. The van der Waals surface area contributed by atoms with Crippen LogP contribution in [0.4, 0.5) is 10.1 Å². The smallest absolute Gasteiger partial charge is 0.234 e. The average Bonchev–Trinajstić information content (AvgIpc) is 2.44. The summed E-state index contributed by atoms with van der Waals surface area (Å²) in [6.45, 7) is 0.862. The van der Waals surface area contributed by atoms with E-state index in [9.17, 15) is 14.0 Å². The number of thioether (sulfide) groups is 1. The summed E-state index contributed by atoms with van der Waals surface area (Å²) in [5.41, 5.74) is 5.42. The number of anilines is 1. The largest absolute Gasteiger partial charge is 0.355 e. The Bertz CT molecular complexity index is 457. The van der Waals surface area contributed by atoms with Gasteiger partial charge in [-0.15, -0.1) is 0 Å². The quantitative estimate of drug-likeness (QED) is 0.624. The summed E-state index contributed by atoms with van der Waals surface area (Å²) in [7, 11) is 0. The van der Waals surface area contributed by atoms with E-state index in [0.717, 1.165) is 0 Å². The average molecular weight is 299 g/mol. The van der Waals surface area contributed by atoms with E-state index >= 15 is 0 Å². The number of carbonyl (C=O) groups is 2. The molecule has 4 N–H and O–H groups in total. The fourth-order valence-electron chi connectivity index (χ4n) is 1.38. The number of nitrogens with one attached hydrogen (secondary N) is 2. The number of nitrogens with two attached hydrogens (primary N) is 1. The summed E-state index contributed by atoms with van der Waals surface area (Å²) in [6, 6.07) is 5.98. The Hall–Kier alpha value is -1.60. The van der Waals surface area contributed by atoms with E-state index in [4.69, 9.17) is 5.73 Å². The van der Waals surface area contributed by atoms with E-state index in [1.54, 1.807) is 12.1 Å². The lowest BCUT2D eigenvalue weighted by atomic mass is 10.3. The van der Waals surface area contributed by atoms with E-state index in [1.807, 2.05) is 0 Å². The van der Waals surface area contributed by atoms with Crippen molar-refractivity contribution >= 4 is 29.3 Å². The van der Waals surface area contributed by atoms with Crippen molar-refractivity contribution in [3.05, 3.63) is 30.1 Å². The fraction of sp³-hybridized carbons (Fsp3) is 0.385. The zero-order valence-corrected chi connectivity index (χ0v) is 11.8. The van der Waals surface area contributed by atoms with Gasteiger partial charge in [0.25, 0.3) is 0 Å². The standard InChI is InChI=1S/C13H18FN3O2S/c14-10-3-1-2-4-11(10)17-13(19)9-20-8-5-12(18)16-7-6-15/h1-4H,5-9,15H2,(H,16,18)(H,17,19). The van der Waals surface area contributed by atoms with Gasteiger partial charge < -0.3 is 16.4 Å². The summed E-state index contributed by atoms with van der Waals surface area (Å²) in [4.78, 5) is 22.8. The van der Waals surface area contributed by atoms with Crippen molar-refractivity contribution in [2.24, 2.45) is 5.73 Å². The molecule has 2 amide bonds. The molecule has 1 aromatic rings. The number of hydrogen-bond acceptors (Lipinski definition) is 4. The first-order valence-electron chi connectivity index (χ1n) is 6.22. The van der Waals surface area contributed by atoms with Crippen molar-refractivity contribution < 1.29 is 14.0 Å².